The van der Waals surface area contributed by atoms with Gasteiger partial charge in [0.1, 0.15) is 23.1 Å². The van der Waals surface area contributed by atoms with Crippen LogP contribution in [-0.4, -0.2) is 23.2 Å². The number of aliphatic carboxylic acids is 1. The second kappa shape index (κ2) is 8.01. The molecule has 26 heavy (non-hydrogen) atoms. The number of rotatable bonds is 7. The predicted molar refractivity (Wildman–Crippen MR) is 101 cm³/mol. The Morgan fingerprint density at radius 2 is 2.08 bits per heavy atom. The molecule has 0 spiro atoms. The molecular weight excluding hydrogens is 350 g/mol. The van der Waals surface area contributed by atoms with E-state index in [1.165, 1.54) is 16.9 Å². The van der Waals surface area contributed by atoms with Gasteiger partial charge in [-0.05, 0) is 24.6 Å². The number of benzene rings is 2. The van der Waals surface area contributed by atoms with Crippen molar-refractivity contribution < 1.29 is 19.4 Å². The van der Waals surface area contributed by atoms with Crippen molar-refractivity contribution in [3.8, 4) is 22.1 Å². The number of carboxylic acids is 1. The lowest BCUT2D eigenvalue weighted by atomic mass is 10.1. The zero-order chi connectivity index (χ0) is 18.5. The van der Waals surface area contributed by atoms with Crippen molar-refractivity contribution in [3.63, 3.8) is 0 Å². The Kier molecular flexibility index (Phi) is 5.53. The van der Waals surface area contributed by atoms with E-state index in [1.807, 2.05) is 43.3 Å². The lowest BCUT2D eigenvalue weighted by Crippen LogP contribution is -2.00. The van der Waals surface area contributed by atoms with Crippen LogP contribution in [0.4, 0.5) is 0 Å². The fourth-order valence-corrected chi connectivity index (χ4v) is 3.40. The summed E-state index contributed by atoms with van der Waals surface area (Å²) >= 11 is 1.40. The first-order chi connectivity index (χ1) is 12.5. The van der Waals surface area contributed by atoms with E-state index in [0.29, 0.717) is 23.8 Å². The monoisotopic (exact) mass is 369 g/mol. The average Bonchev–Trinajstić information content (AvgIpc) is 3.07. The van der Waals surface area contributed by atoms with Crippen molar-refractivity contribution in [1.82, 2.24) is 4.98 Å². The number of carboxylic acid groups (broad SMARTS) is 1. The summed E-state index contributed by atoms with van der Waals surface area (Å²) in [6.45, 7) is 2.47. The Labute approximate surface area is 155 Å². The highest BCUT2D eigenvalue weighted by Crippen LogP contribution is 2.35. The smallest absolute Gasteiger partial charge is 0.309 e. The maximum Gasteiger partial charge on any atom is 0.309 e. The van der Waals surface area contributed by atoms with Crippen molar-refractivity contribution in [2.75, 3.05) is 7.11 Å². The summed E-state index contributed by atoms with van der Waals surface area (Å²) in [4.78, 5) is 15.3. The molecule has 1 heterocycles. The van der Waals surface area contributed by atoms with Crippen molar-refractivity contribution in [1.29, 1.82) is 0 Å². The van der Waals surface area contributed by atoms with Crippen LogP contribution < -0.4 is 9.47 Å². The molecular formula is C20H19NO4S. The number of nitrogens with zero attached hydrogens (tertiary/aromatic N) is 1. The highest BCUT2D eigenvalue weighted by molar-refractivity contribution is 7.13. The molecule has 0 radical (unpaired) electrons. The summed E-state index contributed by atoms with van der Waals surface area (Å²) in [5.74, 6) is 0.449. The Morgan fingerprint density at radius 3 is 2.81 bits per heavy atom. The topological polar surface area (TPSA) is 68.7 Å². The number of carbonyl (C=O) groups is 1. The molecule has 1 aromatic heterocycles. The molecule has 134 valence electrons. The van der Waals surface area contributed by atoms with E-state index in [1.54, 1.807) is 12.5 Å². The SMILES string of the molecule is COc1ccc(-c2nc(CC(=O)O)cs2)c(OCc2cccc(C)c2)c1. The first-order valence-electron chi connectivity index (χ1n) is 8.08. The summed E-state index contributed by atoms with van der Waals surface area (Å²) in [5.41, 5.74) is 3.61. The maximum atomic E-state index is 10.9. The molecule has 5 nitrogen and oxygen atoms in total. The first kappa shape index (κ1) is 17.9. The molecule has 3 rings (SSSR count). The molecule has 0 fully saturated rings. The van der Waals surface area contributed by atoms with Crippen molar-refractivity contribution >= 4 is 17.3 Å². The van der Waals surface area contributed by atoms with Crippen molar-refractivity contribution in [2.24, 2.45) is 0 Å². The van der Waals surface area contributed by atoms with Gasteiger partial charge < -0.3 is 14.6 Å². The molecule has 0 saturated heterocycles. The number of hydrogen-bond donors (Lipinski definition) is 1. The van der Waals surface area contributed by atoms with Gasteiger partial charge in [0, 0.05) is 11.4 Å². The summed E-state index contributed by atoms with van der Waals surface area (Å²) in [7, 11) is 1.60. The molecule has 0 aliphatic carbocycles. The van der Waals surface area contributed by atoms with Crippen LogP contribution in [-0.2, 0) is 17.8 Å². The Morgan fingerprint density at radius 1 is 1.23 bits per heavy atom. The fraction of sp³-hybridized carbons (Fsp3) is 0.200. The van der Waals surface area contributed by atoms with Gasteiger partial charge in [0.15, 0.2) is 0 Å². The van der Waals surface area contributed by atoms with Crippen LogP contribution in [0.15, 0.2) is 47.8 Å². The van der Waals surface area contributed by atoms with Crippen LogP contribution in [0.25, 0.3) is 10.6 Å². The predicted octanol–water partition coefficient (Wildman–Crippen LogP) is 4.33. The van der Waals surface area contributed by atoms with E-state index in [0.717, 1.165) is 16.1 Å². The van der Waals surface area contributed by atoms with Gasteiger partial charge >= 0.3 is 5.97 Å². The molecule has 3 aromatic rings. The minimum absolute atomic E-state index is 0.0911. The molecule has 0 unspecified atom stereocenters. The number of thiazole rings is 1. The minimum Gasteiger partial charge on any atom is -0.497 e. The number of hydrogen-bond acceptors (Lipinski definition) is 5. The van der Waals surface area contributed by atoms with E-state index in [9.17, 15) is 4.79 Å². The Hall–Kier alpha value is -2.86. The van der Waals surface area contributed by atoms with Crippen LogP contribution >= 0.6 is 11.3 Å². The summed E-state index contributed by atoms with van der Waals surface area (Å²) in [6.07, 6.45) is -0.0911. The average molecular weight is 369 g/mol. The second-order valence-electron chi connectivity index (χ2n) is 5.85. The molecule has 0 bridgehead atoms. The van der Waals surface area contributed by atoms with Crippen LogP contribution in [0.5, 0.6) is 11.5 Å². The van der Waals surface area contributed by atoms with Gasteiger partial charge in [-0.15, -0.1) is 11.3 Å². The van der Waals surface area contributed by atoms with Crippen molar-refractivity contribution in [3.05, 3.63) is 64.7 Å². The number of aryl methyl sites for hydroxylation is 1. The normalized spacial score (nSPS) is 10.5. The molecule has 0 amide bonds. The molecule has 0 aliphatic heterocycles. The fourth-order valence-electron chi connectivity index (χ4n) is 2.56. The van der Waals surface area contributed by atoms with Gasteiger partial charge in [-0.3, -0.25) is 4.79 Å². The van der Waals surface area contributed by atoms with Gasteiger partial charge in [0.05, 0.1) is 24.8 Å². The van der Waals surface area contributed by atoms with Crippen LogP contribution in [0, 0.1) is 6.92 Å². The minimum atomic E-state index is -0.896. The molecule has 6 heteroatoms. The molecule has 2 aromatic carbocycles. The highest BCUT2D eigenvalue weighted by atomic mass is 32.1. The molecule has 1 N–H and O–H groups in total. The van der Waals surface area contributed by atoms with Gasteiger partial charge in [0.2, 0.25) is 0 Å². The molecule has 0 atom stereocenters. The lowest BCUT2D eigenvalue weighted by molar-refractivity contribution is -0.136. The van der Waals surface area contributed by atoms with Gasteiger partial charge in [-0.1, -0.05) is 29.8 Å². The number of ether oxygens (including phenoxy) is 2. The zero-order valence-corrected chi connectivity index (χ0v) is 15.4. The summed E-state index contributed by atoms with van der Waals surface area (Å²) in [5, 5.41) is 11.4. The van der Waals surface area contributed by atoms with E-state index in [2.05, 4.69) is 11.1 Å². The zero-order valence-electron chi connectivity index (χ0n) is 14.6. The number of aromatic nitrogens is 1. The van der Waals surface area contributed by atoms with Crippen LogP contribution in [0.3, 0.4) is 0 Å². The van der Waals surface area contributed by atoms with Crippen LogP contribution in [0.1, 0.15) is 16.8 Å². The summed E-state index contributed by atoms with van der Waals surface area (Å²) in [6, 6.07) is 13.7. The van der Waals surface area contributed by atoms with Gasteiger partial charge in [-0.2, -0.15) is 0 Å². The number of methoxy groups -OCH3 is 1. The maximum absolute atomic E-state index is 10.9. The van der Waals surface area contributed by atoms with E-state index in [4.69, 9.17) is 14.6 Å². The quantitative estimate of drug-likeness (QED) is 0.671. The third-order valence-electron chi connectivity index (χ3n) is 3.78. The Balaban J connectivity index is 1.87. The largest absolute Gasteiger partial charge is 0.497 e. The first-order valence-corrected chi connectivity index (χ1v) is 8.96. The van der Waals surface area contributed by atoms with Gasteiger partial charge in [0.25, 0.3) is 0 Å². The Bertz CT molecular complexity index is 920. The summed E-state index contributed by atoms with van der Waals surface area (Å²) < 4.78 is 11.3. The second-order valence-corrected chi connectivity index (χ2v) is 6.71. The third kappa shape index (κ3) is 4.40. The lowest BCUT2D eigenvalue weighted by Gasteiger charge is -2.12. The van der Waals surface area contributed by atoms with E-state index < -0.39 is 5.97 Å². The van der Waals surface area contributed by atoms with E-state index >= 15 is 0 Å². The standard InChI is InChI=1S/C20H19NO4S/c1-13-4-3-5-14(8-13)11-25-18-10-16(24-2)6-7-17(18)20-21-15(12-26-20)9-19(22)23/h3-8,10,12H,9,11H2,1-2H3,(H,22,23). The van der Waals surface area contributed by atoms with E-state index in [-0.39, 0.29) is 6.42 Å². The highest BCUT2D eigenvalue weighted by Gasteiger charge is 2.14. The molecule has 0 aliphatic rings. The van der Waals surface area contributed by atoms with Gasteiger partial charge in [-0.25, -0.2) is 4.98 Å². The molecule has 0 saturated carbocycles. The van der Waals surface area contributed by atoms with Crippen molar-refractivity contribution in [2.45, 2.75) is 20.0 Å². The third-order valence-corrected chi connectivity index (χ3v) is 4.70. The van der Waals surface area contributed by atoms with Crippen LogP contribution in [0.2, 0.25) is 0 Å².